The van der Waals surface area contributed by atoms with Crippen LogP contribution in [0.5, 0.6) is 5.75 Å². The number of rotatable bonds is 7. The maximum atomic E-state index is 11.0. The quantitative estimate of drug-likeness (QED) is 0.561. The molecule has 0 spiro atoms. The fraction of sp³-hybridized carbons (Fsp3) is 0.304. The third-order valence-corrected chi connectivity index (χ3v) is 5.54. The molecule has 0 unspecified atom stereocenters. The number of hydrogen-bond acceptors (Lipinski definition) is 4. The van der Waals surface area contributed by atoms with E-state index in [2.05, 4.69) is 4.98 Å². The summed E-state index contributed by atoms with van der Waals surface area (Å²) in [7, 11) is 0. The van der Waals surface area contributed by atoms with Crippen molar-refractivity contribution in [1.82, 2.24) is 4.98 Å². The van der Waals surface area contributed by atoms with E-state index in [1.165, 1.54) is 5.56 Å². The molecule has 2 aromatic carbocycles. The van der Waals surface area contributed by atoms with Crippen LogP contribution in [0.4, 0.5) is 0 Å². The maximum Gasteiger partial charge on any atom is 0.303 e. The highest BCUT2D eigenvalue weighted by Gasteiger charge is 2.24. The van der Waals surface area contributed by atoms with Gasteiger partial charge in [-0.25, -0.2) is 4.98 Å². The third-order valence-electron chi connectivity index (χ3n) is 5.31. The molecule has 0 amide bonds. The van der Waals surface area contributed by atoms with Crippen LogP contribution >= 0.6 is 11.6 Å². The maximum absolute atomic E-state index is 11.0. The first-order valence-electron chi connectivity index (χ1n) is 9.69. The van der Waals surface area contributed by atoms with Crippen molar-refractivity contribution in [1.29, 1.82) is 0 Å². The Labute approximate surface area is 174 Å². The summed E-state index contributed by atoms with van der Waals surface area (Å²) in [4.78, 5) is 15.6. The lowest BCUT2D eigenvalue weighted by atomic mass is 9.98. The number of hydrogen-bond donors (Lipinski definition) is 1. The second-order valence-electron chi connectivity index (χ2n) is 7.32. The molecule has 4 rings (SSSR count). The number of oxazole rings is 1. The lowest BCUT2D eigenvalue weighted by Crippen LogP contribution is -2.04. The van der Waals surface area contributed by atoms with Gasteiger partial charge in [0.05, 0.1) is 18.7 Å². The van der Waals surface area contributed by atoms with Gasteiger partial charge in [-0.05, 0) is 67.1 Å². The molecule has 1 aliphatic carbocycles. The van der Waals surface area contributed by atoms with Gasteiger partial charge in [0.25, 0.3) is 0 Å². The van der Waals surface area contributed by atoms with Crippen molar-refractivity contribution >= 4 is 17.6 Å². The topological polar surface area (TPSA) is 72.6 Å². The average Bonchev–Trinajstić information content (AvgIpc) is 3.25. The van der Waals surface area contributed by atoms with Crippen molar-refractivity contribution in [2.24, 2.45) is 0 Å². The second kappa shape index (κ2) is 8.29. The number of aryl methyl sites for hydroxylation is 2. The number of ether oxygens (including phenoxy) is 1. The van der Waals surface area contributed by atoms with Crippen molar-refractivity contribution in [3.05, 3.63) is 70.1 Å². The number of fused-ring (bicyclic) bond motifs is 1. The van der Waals surface area contributed by atoms with Crippen LogP contribution in [0.3, 0.4) is 0 Å². The molecule has 150 valence electrons. The number of aliphatic carboxylic acids is 1. The highest BCUT2D eigenvalue weighted by molar-refractivity contribution is 6.30. The zero-order valence-electron chi connectivity index (χ0n) is 16.2. The summed E-state index contributed by atoms with van der Waals surface area (Å²) in [6.07, 6.45) is 2.60. The number of carbonyl (C=O) groups is 1. The first-order valence-corrected chi connectivity index (χ1v) is 10.1. The molecule has 0 saturated carbocycles. The Balaban J connectivity index is 1.38. The zero-order chi connectivity index (χ0) is 20.4. The first-order chi connectivity index (χ1) is 14.0. The number of aromatic nitrogens is 1. The summed E-state index contributed by atoms with van der Waals surface area (Å²) >= 11 is 6.05. The molecule has 1 N–H and O–H groups in total. The Morgan fingerprint density at radius 1 is 1.31 bits per heavy atom. The normalized spacial score (nSPS) is 15.3. The predicted molar refractivity (Wildman–Crippen MR) is 111 cm³/mol. The van der Waals surface area contributed by atoms with Crippen LogP contribution in [0, 0.1) is 6.92 Å². The summed E-state index contributed by atoms with van der Waals surface area (Å²) in [5.41, 5.74) is 4.04. The Hall–Kier alpha value is -2.79. The molecule has 1 aromatic heterocycles. The summed E-state index contributed by atoms with van der Waals surface area (Å²) in [6.45, 7) is 2.38. The standard InChI is InChI=1S/C23H22ClNO4/c1-14-21(25-23(29-14)17-3-2-4-18(24)11-17)9-10-28-19-7-8-20-15(12-19)5-6-16(20)13-22(26)27/h2-4,7-8,11-12,16H,5-6,9-10,13H2,1H3,(H,26,27)/t16-/m0/s1. The van der Waals surface area contributed by atoms with Gasteiger partial charge in [0.2, 0.25) is 5.89 Å². The van der Waals surface area contributed by atoms with Crippen LogP contribution in [0.2, 0.25) is 5.02 Å². The molecule has 1 atom stereocenters. The average molecular weight is 412 g/mol. The Morgan fingerprint density at radius 2 is 2.17 bits per heavy atom. The van der Waals surface area contributed by atoms with Gasteiger partial charge in [-0.15, -0.1) is 0 Å². The van der Waals surface area contributed by atoms with Gasteiger partial charge in [0.15, 0.2) is 0 Å². The smallest absolute Gasteiger partial charge is 0.303 e. The summed E-state index contributed by atoms with van der Waals surface area (Å²) in [6, 6.07) is 13.4. The van der Waals surface area contributed by atoms with Crippen LogP contribution in [0.25, 0.3) is 11.5 Å². The fourth-order valence-corrected chi connectivity index (χ4v) is 4.06. The highest BCUT2D eigenvalue weighted by atomic mass is 35.5. The molecule has 3 aromatic rings. The summed E-state index contributed by atoms with van der Waals surface area (Å²) < 4.78 is 11.7. The van der Waals surface area contributed by atoms with Crippen LogP contribution in [0.15, 0.2) is 46.9 Å². The fourth-order valence-electron chi connectivity index (χ4n) is 3.87. The van der Waals surface area contributed by atoms with Crippen LogP contribution < -0.4 is 4.74 Å². The van der Waals surface area contributed by atoms with Gasteiger partial charge in [-0.1, -0.05) is 23.7 Å². The number of carboxylic acid groups (broad SMARTS) is 1. The van der Waals surface area contributed by atoms with Crippen molar-refractivity contribution < 1.29 is 19.1 Å². The number of nitrogens with zero attached hydrogens (tertiary/aromatic N) is 1. The van der Waals surface area contributed by atoms with E-state index in [-0.39, 0.29) is 12.3 Å². The molecule has 1 heterocycles. The van der Waals surface area contributed by atoms with Crippen LogP contribution in [-0.2, 0) is 17.6 Å². The summed E-state index contributed by atoms with van der Waals surface area (Å²) in [5.74, 6) is 1.49. The lowest BCUT2D eigenvalue weighted by Gasteiger charge is -2.10. The van der Waals surface area contributed by atoms with Crippen molar-refractivity contribution in [3.63, 3.8) is 0 Å². The third kappa shape index (κ3) is 4.46. The Kier molecular flexibility index (Phi) is 5.58. The molecule has 1 aliphatic rings. The minimum absolute atomic E-state index is 0.110. The monoisotopic (exact) mass is 411 g/mol. The predicted octanol–water partition coefficient (Wildman–Crippen LogP) is 5.43. The van der Waals surface area contributed by atoms with Gasteiger partial charge >= 0.3 is 5.97 Å². The molecular formula is C23H22ClNO4. The van der Waals surface area contributed by atoms with E-state index in [0.29, 0.717) is 23.9 Å². The molecule has 0 aliphatic heterocycles. The molecule has 0 saturated heterocycles. The Bertz CT molecular complexity index is 1040. The first kappa shape index (κ1) is 19.5. The molecular weight excluding hydrogens is 390 g/mol. The van der Waals surface area contributed by atoms with Gasteiger partial charge in [0.1, 0.15) is 11.5 Å². The van der Waals surface area contributed by atoms with E-state index < -0.39 is 5.97 Å². The molecule has 0 bridgehead atoms. The Morgan fingerprint density at radius 3 is 2.97 bits per heavy atom. The minimum Gasteiger partial charge on any atom is -0.493 e. The molecule has 5 nitrogen and oxygen atoms in total. The number of benzene rings is 2. The second-order valence-corrected chi connectivity index (χ2v) is 7.76. The van der Waals surface area contributed by atoms with E-state index in [4.69, 9.17) is 25.9 Å². The molecule has 0 fully saturated rings. The zero-order valence-corrected chi connectivity index (χ0v) is 16.9. The largest absolute Gasteiger partial charge is 0.493 e. The SMILES string of the molecule is Cc1oc(-c2cccc(Cl)c2)nc1CCOc1ccc2c(c1)CC[C@H]2CC(=O)O. The molecule has 6 heteroatoms. The van der Waals surface area contributed by atoms with Gasteiger partial charge < -0.3 is 14.3 Å². The van der Waals surface area contributed by atoms with Crippen molar-refractivity contribution in [2.45, 2.75) is 38.5 Å². The number of halogens is 1. The van der Waals surface area contributed by atoms with Crippen LogP contribution in [-0.4, -0.2) is 22.7 Å². The summed E-state index contributed by atoms with van der Waals surface area (Å²) in [5, 5.41) is 9.69. The van der Waals surface area contributed by atoms with E-state index in [0.717, 1.165) is 41.2 Å². The van der Waals surface area contributed by atoms with Gasteiger partial charge in [-0.2, -0.15) is 0 Å². The van der Waals surface area contributed by atoms with Crippen LogP contribution in [0.1, 0.15) is 41.3 Å². The van der Waals surface area contributed by atoms with E-state index >= 15 is 0 Å². The number of carboxylic acids is 1. The van der Waals surface area contributed by atoms with E-state index in [1.807, 2.05) is 49.4 Å². The lowest BCUT2D eigenvalue weighted by molar-refractivity contribution is -0.137. The molecule has 0 radical (unpaired) electrons. The van der Waals surface area contributed by atoms with Crippen molar-refractivity contribution in [3.8, 4) is 17.2 Å². The molecule has 29 heavy (non-hydrogen) atoms. The van der Waals surface area contributed by atoms with E-state index in [9.17, 15) is 4.79 Å². The van der Waals surface area contributed by atoms with E-state index in [1.54, 1.807) is 0 Å². The minimum atomic E-state index is -0.747. The van der Waals surface area contributed by atoms with Gasteiger partial charge in [-0.3, -0.25) is 4.79 Å². The van der Waals surface area contributed by atoms with Crippen molar-refractivity contribution in [2.75, 3.05) is 6.61 Å². The highest BCUT2D eigenvalue weighted by Crippen LogP contribution is 2.37. The van der Waals surface area contributed by atoms with Gasteiger partial charge in [0, 0.05) is 17.0 Å².